The van der Waals surface area contributed by atoms with E-state index in [0.717, 1.165) is 5.56 Å². The van der Waals surface area contributed by atoms with Crippen LogP contribution in [0.3, 0.4) is 0 Å². The van der Waals surface area contributed by atoms with Crippen LogP contribution in [0.15, 0.2) is 54.6 Å². The predicted molar refractivity (Wildman–Crippen MR) is 82.4 cm³/mol. The maximum Gasteiger partial charge on any atom is 0.166 e. The van der Waals surface area contributed by atoms with Gasteiger partial charge in [0.15, 0.2) is 12.3 Å². The average molecular weight is 287 g/mol. The van der Waals surface area contributed by atoms with Crippen molar-refractivity contribution < 1.29 is 8.62 Å². The SMILES string of the molecule is COc1ccccc1N(CC#Cc1ccccc1)SF. The summed E-state index contributed by atoms with van der Waals surface area (Å²) in [6.45, 7) is 0.274. The Kier molecular flexibility index (Phi) is 5.33. The monoisotopic (exact) mass is 287 g/mol. The lowest BCUT2D eigenvalue weighted by molar-refractivity contribution is 0.416. The van der Waals surface area contributed by atoms with Gasteiger partial charge in [-0.15, -0.1) is 3.89 Å². The van der Waals surface area contributed by atoms with Gasteiger partial charge in [-0.1, -0.05) is 42.2 Å². The Morgan fingerprint density at radius 2 is 1.80 bits per heavy atom. The maximum absolute atomic E-state index is 13.1. The second kappa shape index (κ2) is 7.46. The molecule has 0 aromatic heterocycles. The van der Waals surface area contributed by atoms with Crippen LogP contribution in [0.2, 0.25) is 0 Å². The molecule has 0 fully saturated rings. The molecule has 0 heterocycles. The van der Waals surface area contributed by atoms with Crippen LogP contribution >= 0.6 is 12.3 Å². The molecule has 0 saturated heterocycles. The number of rotatable bonds is 4. The van der Waals surface area contributed by atoms with E-state index in [1.54, 1.807) is 19.2 Å². The van der Waals surface area contributed by atoms with Gasteiger partial charge < -0.3 is 4.74 Å². The minimum atomic E-state index is 0.139. The summed E-state index contributed by atoms with van der Waals surface area (Å²) in [7, 11) is 1.57. The van der Waals surface area contributed by atoms with Crippen molar-refractivity contribution in [1.29, 1.82) is 0 Å². The highest BCUT2D eigenvalue weighted by atomic mass is 32.2. The Bertz CT molecular complexity index is 607. The minimum absolute atomic E-state index is 0.139. The highest BCUT2D eigenvalue weighted by Crippen LogP contribution is 2.32. The molecule has 0 aliphatic heterocycles. The number of halogens is 1. The first-order valence-electron chi connectivity index (χ1n) is 6.08. The van der Waals surface area contributed by atoms with E-state index in [4.69, 9.17) is 4.74 Å². The summed E-state index contributed by atoms with van der Waals surface area (Å²) in [6, 6.07) is 16.9. The molecule has 0 atom stereocenters. The third-order valence-electron chi connectivity index (χ3n) is 2.67. The van der Waals surface area contributed by atoms with Crippen molar-refractivity contribution in [3.05, 3.63) is 60.2 Å². The van der Waals surface area contributed by atoms with Crippen LogP contribution in [-0.4, -0.2) is 13.7 Å². The predicted octanol–water partition coefficient (Wildman–Crippen LogP) is 4.09. The van der Waals surface area contributed by atoms with Gasteiger partial charge in [-0.05, 0) is 24.3 Å². The van der Waals surface area contributed by atoms with E-state index in [2.05, 4.69) is 11.8 Å². The highest BCUT2D eigenvalue weighted by molar-refractivity contribution is 7.95. The van der Waals surface area contributed by atoms with Crippen LogP contribution in [0.25, 0.3) is 0 Å². The summed E-state index contributed by atoms with van der Waals surface area (Å²) in [5.41, 5.74) is 1.58. The molecule has 0 aliphatic carbocycles. The lowest BCUT2D eigenvalue weighted by atomic mass is 10.2. The van der Waals surface area contributed by atoms with E-state index in [9.17, 15) is 3.89 Å². The summed E-state index contributed by atoms with van der Waals surface area (Å²) in [4.78, 5) is 0. The Hall–Kier alpha value is -2.12. The Balaban J connectivity index is 2.12. The van der Waals surface area contributed by atoms with Gasteiger partial charge in [0.2, 0.25) is 0 Å². The molecule has 2 aromatic carbocycles. The van der Waals surface area contributed by atoms with Crippen molar-refractivity contribution in [3.8, 4) is 17.6 Å². The van der Waals surface area contributed by atoms with E-state index >= 15 is 0 Å². The second-order valence-electron chi connectivity index (χ2n) is 3.95. The number of benzene rings is 2. The van der Waals surface area contributed by atoms with Crippen molar-refractivity contribution >= 4 is 18.0 Å². The third-order valence-corrected chi connectivity index (χ3v) is 3.16. The first-order chi connectivity index (χ1) is 9.85. The largest absolute Gasteiger partial charge is 0.495 e. The van der Waals surface area contributed by atoms with Gasteiger partial charge in [0.1, 0.15) is 5.75 Å². The zero-order chi connectivity index (χ0) is 14.2. The van der Waals surface area contributed by atoms with Crippen molar-refractivity contribution in [3.63, 3.8) is 0 Å². The quantitative estimate of drug-likeness (QED) is 0.621. The molecule has 0 amide bonds. The zero-order valence-corrected chi connectivity index (χ0v) is 11.9. The molecule has 0 unspecified atom stereocenters. The molecule has 0 spiro atoms. The van der Waals surface area contributed by atoms with E-state index in [1.807, 2.05) is 42.5 Å². The Labute approximate surface area is 123 Å². The number of hydrogen-bond donors (Lipinski definition) is 0. The molecule has 2 aromatic rings. The van der Waals surface area contributed by atoms with Crippen LogP contribution < -0.4 is 9.04 Å². The second-order valence-corrected chi connectivity index (χ2v) is 4.52. The molecular weight excluding hydrogens is 273 g/mol. The van der Waals surface area contributed by atoms with E-state index in [1.165, 1.54) is 4.31 Å². The van der Waals surface area contributed by atoms with Gasteiger partial charge in [-0.2, -0.15) is 0 Å². The lowest BCUT2D eigenvalue weighted by Crippen LogP contribution is -2.13. The number of methoxy groups -OCH3 is 1. The van der Waals surface area contributed by atoms with E-state index in [-0.39, 0.29) is 18.9 Å². The van der Waals surface area contributed by atoms with Crippen molar-refractivity contribution in [1.82, 2.24) is 0 Å². The average Bonchev–Trinajstić information content (AvgIpc) is 2.53. The van der Waals surface area contributed by atoms with E-state index < -0.39 is 0 Å². The van der Waals surface area contributed by atoms with Crippen LogP contribution in [-0.2, 0) is 0 Å². The smallest absolute Gasteiger partial charge is 0.166 e. The van der Waals surface area contributed by atoms with Gasteiger partial charge in [0.25, 0.3) is 0 Å². The highest BCUT2D eigenvalue weighted by Gasteiger charge is 2.11. The van der Waals surface area contributed by atoms with Crippen LogP contribution in [0.1, 0.15) is 5.56 Å². The standard InChI is InChI=1S/C16H14FNOS/c1-19-16-12-6-5-11-15(16)18(20-17)13-7-10-14-8-3-2-4-9-14/h2-6,8-9,11-12H,13H2,1H3. The Morgan fingerprint density at radius 1 is 1.10 bits per heavy atom. The lowest BCUT2D eigenvalue weighted by Gasteiger charge is -2.18. The summed E-state index contributed by atoms with van der Waals surface area (Å²) in [5, 5.41) is 0. The summed E-state index contributed by atoms with van der Waals surface area (Å²) >= 11 is 0.139. The molecule has 0 saturated carbocycles. The van der Waals surface area contributed by atoms with Gasteiger partial charge in [-0.3, -0.25) is 4.31 Å². The molecule has 0 bridgehead atoms. The van der Waals surface area contributed by atoms with Crippen LogP contribution in [0.4, 0.5) is 9.57 Å². The maximum atomic E-state index is 13.1. The van der Waals surface area contributed by atoms with Crippen molar-refractivity contribution in [2.75, 3.05) is 18.0 Å². The third kappa shape index (κ3) is 3.69. The summed E-state index contributed by atoms with van der Waals surface area (Å²) < 4.78 is 19.8. The molecule has 0 aliphatic rings. The van der Waals surface area contributed by atoms with Crippen molar-refractivity contribution in [2.24, 2.45) is 0 Å². The van der Waals surface area contributed by atoms with Crippen molar-refractivity contribution in [2.45, 2.75) is 0 Å². The summed E-state index contributed by atoms with van der Waals surface area (Å²) in [6.07, 6.45) is 0. The first kappa shape index (κ1) is 14.3. The van der Waals surface area contributed by atoms with E-state index in [0.29, 0.717) is 11.4 Å². The van der Waals surface area contributed by atoms with Crippen LogP contribution in [0, 0.1) is 11.8 Å². The molecule has 2 rings (SSSR count). The Morgan fingerprint density at radius 3 is 2.50 bits per heavy atom. The number of anilines is 1. The number of hydrogen-bond acceptors (Lipinski definition) is 3. The van der Waals surface area contributed by atoms with Crippen LogP contribution in [0.5, 0.6) is 5.75 Å². The topological polar surface area (TPSA) is 12.5 Å². The first-order valence-corrected chi connectivity index (χ1v) is 6.75. The fourth-order valence-electron chi connectivity index (χ4n) is 1.72. The number of para-hydroxylation sites is 2. The molecule has 4 heteroatoms. The van der Waals surface area contributed by atoms with Gasteiger partial charge >= 0.3 is 0 Å². The molecule has 20 heavy (non-hydrogen) atoms. The molecule has 2 nitrogen and oxygen atoms in total. The molecule has 0 radical (unpaired) electrons. The zero-order valence-electron chi connectivity index (χ0n) is 11.0. The number of nitrogens with zero attached hydrogens (tertiary/aromatic N) is 1. The number of ether oxygens (including phenoxy) is 1. The fraction of sp³-hybridized carbons (Fsp3) is 0.125. The molecule has 0 N–H and O–H groups in total. The van der Waals surface area contributed by atoms with Gasteiger partial charge in [-0.25, -0.2) is 0 Å². The fourth-order valence-corrected chi connectivity index (χ4v) is 2.06. The minimum Gasteiger partial charge on any atom is -0.495 e. The van der Waals surface area contributed by atoms with Gasteiger partial charge in [0, 0.05) is 5.56 Å². The molecule has 102 valence electrons. The molecular formula is C16H14FNOS. The normalized spacial score (nSPS) is 9.50. The summed E-state index contributed by atoms with van der Waals surface area (Å²) in [5.74, 6) is 6.59. The van der Waals surface area contributed by atoms with Gasteiger partial charge in [0.05, 0.1) is 19.3 Å².